The molecule has 1 N–H and O–H groups in total. The van der Waals surface area contributed by atoms with E-state index in [0.717, 1.165) is 5.69 Å². The van der Waals surface area contributed by atoms with Crippen molar-refractivity contribution in [3.05, 3.63) is 40.8 Å². The Morgan fingerprint density at radius 1 is 1.35 bits per heavy atom. The van der Waals surface area contributed by atoms with Gasteiger partial charge in [0.25, 0.3) is 0 Å². The molecule has 90 valence electrons. The fourth-order valence-electron chi connectivity index (χ4n) is 1.45. The number of benzene rings is 1. The third-order valence-electron chi connectivity index (χ3n) is 2.23. The lowest BCUT2D eigenvalue weighted by Crippen LogP contribution is -2.06. The van der Waals surface area contributed by atoms with Crippen LogP contribution in [0.3, 0.4) is 0 Å². The Morgan fingerprint density at radius 3 is 2.76 bits per heavy atom. The molecule has 0 spiro atoms. The van der Waals surface area contributed by atoms with Crippen LogP contribution in [-0.2, 0) is 16.4 Å². The highest BCUT2D eigenvalue weighted by molar-refractivity contribution is 7.90. The minimum absolute atomic E-state index is 0.315. The monoisotopic (exact) mass is 268 g/mol. The Morgan fingerprint density at radius 2 is 2.12 bits per heavy atom. The van der Waals surface area contributed by atoms with Gasteiger partial charge in [-0.25, -0.2) is 13.4 Å². The number of hydrogen-bond acceptors (Lipinski definition) is 5. The van der Waals surface area contributed by atoms with Crippen LogP contribution in [0.1, 0.15) is 5.69 Å². The first-order valence-electron chi connectivity index (χ1n) is 4.97. The molecule has 0 aliphatic rings. The number of rotatable bonds is 4. The Balaban J connectivity index is 2.22. The van der Waals surface area contributed by atoms with E-state index in [2.05, 4.69) is 10.3 Å². The average molecular weight is 268 g/mol. The number of para-hydroxylation sites is 1. The molecule has 1 aromatic heterocycles. The molecule has 6 heteroatoms. The maximum Gasteiger partial charge on any atom is 0.177 e. The van der Waals surface area contributed by atoms with E-state index in [0.29, 0.717) is 17.1 Å². The molecule has 0 atom stereocenters. The van der Waals surface area contributed by atoms with Crippen LogP contribution in [0.4, 0.5) is 5.69 Å². The molecular formula is C11H12N2O2S2. The molecule has 0 aliphatic heterocycles. The van der Waals surface area contributed by atoms with E-state index in [9.17, 15) is 8.42 Å². The van der Waals surface area contributed by atoms with E-state index in [1.54, 1.807) is 29.8 Å². The zero-order chi connectivity index (χ0) is 12.3. The SMILES string of the molecule is CS(=O)(=O)c1ccccc1NCc1cscn1. The standard InChI is InChI=1S/C11H12N2O2S2/c1-17(14,15)11-5-3-2-4-10(11)12-6-9-7-16-8-13-9/h2-5,7-8,12H,6H2,1H3. The number of hydrogen-bond donors (Lipinski definition) is 1. The van der Waals surface area contributed by atoms with Crippen LogP contribution in [0.2, 0.25) is 0 Å². The number of nitrogens with zero attached hydrogens (tertiary/aromatic N) is 1. The predicted octanol–water partition coefficient (Wildman–Crippen LogP) is 2.16. The highest BCUT2D eigenvalue weighted by atomic mass is 32.2. The summed E-state index contributed by atoms with van der Waals surface area (Å²) in [6.07, 6.45) is 1.20. The molecule has 0 bridgehead atoms. The summed E-state index contributed by atoms with van der Waals surface area (Å²) >= 11 is 1.52. The van der Waals surface area contributed by atoms with Gasteiger partial charge in [0, 0.05) is 11.6 Å². The van der Waals surface area contributed by atoms with Crippen LogP contribution in [0, 0.1) is 0 Å². The van der Waals surface area contributed by atoms with Gasteiger partial charge < -0.3 is 5.32 Å². The van der Waals surface area contributed by atoms with Gasteiger partial charge in [-0.3, -0.25) is 0 Å². The van der Waals surface area contributed by atoms with E-state index >= 15 is 0 Å². The Kier molecular flexibility index (Phi) is 3.44. The van der Waals surface area contributed by atoms with E-state index in [1.807, 2.05) is 5.38 Å². The van der Waals surface area contributed by atoms with Gasteiger partial charge in [0.1, 0.15) is 0 Å². The molecule has 4 nitrogen and oxygen atoms in total. The van der Waals surface area contributed by atoms with Gasteiger partial charge in [0.05, 0.1) is 28.3 Å². The number of sulfone groups is 1. The van der Waals surface area contributed by atoms with Crippen molar-refractivity contribution < 1.29 is 8.42 Å². The molecular weight excluding hydrogens is 256 g/mol. The highest BCUT2D eigenvalue weighted by Gasteiger charge is 2.12. The van der Waals surface area contributed by atoms with Gasteiger partial charge in [0.15, 0.2) is 9.84 Å². The van der Waals surface area contributed by atoms with Crippen LogP contribution >= 0.6 is 11.3 Å². The molecule has 2 aromatic rings. The molecule has 0 saturated heterocycles. The lowest BCUT2D eigenvalue weighted by molar-refractivity contribution is 0.602. The average Bonchev–Trinajstić information content (AvgIpc) is 2.78. The van der Waals surface area contributed by atoms with Gasteiger partial charge in [-0.2, -0.15) is 0 Å². The minimum atomic E-state index is -3.20. The van der Waals surface area contributed by atoms with E-state index in [1.165, 1.54) is 17.6 Å². The van der Waals surface area contributed by atoms with Gasteiger partial charge in [-0.15, -0.1) is 11.3 Å². The topological polar surface area (TPSA) is 59.1 Å². The smallest absolute Gasteiger partial charge is 0.177 e. The zero-order valence-electron chi connectivity index (χ0n) is 9.25. The third kappa shape index (κ3) is 3.04. The van der Waals surface area contributed by atoms with Crippen molar-refractivity contribution in [3.8, 4) is 0 Å². The van der Waals surface area contributed by atoms with Crippen molar-refractivity contribution in [1.29, 1.82) is 0 Å². The molecule has 0 unspecified atom stereocenters. The van der Waals surface area contributed by atoms with E-state index in [-0.39, 0.29) is 0 Å². The summed E-state index contributed by atoms with van der Waals surface area (Å²) in [6.45, 7) is 0.524. The lowest BCUT2D eigenvalue weighted by Gasteiger charge is -2.09. The summed E-state index contributed by atoms with van der Waals surface area (Å²) in [4.78, 5) is 4.44. The summed E-state index contributed by atoms with van der Waals surface area (Å²) in [5.74, 6) is 0. The summed E-state index contributed by atoms with van der Waals surface area (Å²) in [7, 11) is -3.20. The third-order valence-corrected chi connectivity index (χ3v) is 4.02. The first-order chi connectivity index (χ1) is 8.07. The summed E-state index contributed by atoms with van der Waals surface area (Å²) in [5, 5.41) is 5.01. The first-order valence-corrected chi connectivity index (χ1v) is 7.81. The van der Waals surface area contributed by atoms with E-state index < -0.39 is 9.84 Å². The van der Waals surface area contributed by atoms with Gasteiger partial charge in [-0.1, -0.05) is 12.1 Å². The van der Waals surface area contributed by atoms with Crippen LogP contribution in [0.15, 0.2) is 40.1 Å². The van der Waals surface area contributed by atoms with Crippen molar-refractivity contribution in [2.45, 2.75) is 11.4 Å². The first kappa shape index (κ1) is 12.1. The Labute approximate surface area is 104 Å². The second kappa shape index (κ2) is 4.85. The Hall–Kier alpha value is -1.40. The van der Waals surface area contributed by atoms with Gasteiger partial charge in [-0.05, 0) is 12.1 Å². The van der Waals surface area contributed by atoms with Crippen LogP contribution in [0.5, 0.6) is 0 Å². The highest BCUT2D eigenvalue weighted by Crippen LogP contribution is 2.21. The molecule has 1 aromatic carbocycles. The molecule has 0 fully saturated rings. The van der Waals surface area contributed by atoms with Crippen molar-refractivity contribution in [1.82, 2.24) is 4.98 Å². The minimum Gasteiger partial charge on any atom is -0.378 e. The number of anilines is 1. The molecule has 0 amide bonds. The van der Waals surface area contributed by atoms with Crippen LogP contribution < -0.4 is 5.32 Å². The Bertz CT molecular complexity index is 592. The number of thiazole rings is 1. The second-order valence-electron chi connectivity index (χ2n) is 3.60. The maximum absolute atomic E-state index is 11.6. The van der Waals surface area contributed by atoms with Crippen molar-refractivity contribution >= 4 is 26.9 Å². The largest absolute Gasteiger partial charge is 0.378 e. The molecule has 0 saturated carbocycles. The maximum atomic E-state index is 11.6. The quantitative estimate of drug-likeness (QED) is 0.923. The molecule has 0 aliphatic carbocycles. The lowest BCUT2D eigenvalue weighted by atomic mass is 10.3. The van der Waals surface area contributed by atoms with Crippen LogP contribution in [0.25, 0.3) is 0 Å². The summed E-state index contributed by atoms with van der Waals surface area (Å²) < 4.78 is 23.1. The van der Waals surface area contributed by atoms with Crippen molar-refractivity contribution in [2.24, 2.45) is 0 Å². The fourth-order valence-corrected chi connectivity index (χ4v) is 2.87. The number of aromatic nitrogens is 1. The second-order valence-corrected chi connectivity index (χ2v) is 6.30. The fraction of sp³-hybridized carbons (Fsp3) is 0.182. The summed E-state index contributed by atoms with van der Waals surface area (Å²) in [6, 6.07) is 6.87. The van der Waals surface area contributed by atoms with Crippen molar-refractivity contribution in [2.75, 3.05) is 11.6 Å². The van der Waals surface area contributed by atoms with Gasteiger partial charge in [0.2, 0.25) is 0 Å². The van der Waals surface area contributed by atoms with Gasteiger partial charge >= 0.3 is 0 Å². The molecule has 1 heterocycles. The summed E-state index contributed by atoms with van der Waals surface area (Å²) in [5.41, 5.74) is 3.26. The molecule has 0 radical (unpaired) electrons. The molecule has 17 heavy (non-hydrogen) atoms. The molecule has 2 rings (SSSR count). The number of nitrogens with one attached hydrogen (secondary N) is 1. The van der Waals surface area contributed by atoms with E-state index in [4.69, 9.17) is 0 Å². The normalized spacial score (nSPS) is 11.4. The predicted molar refractivity (Wildman–Crippen MR) is 69.0 cm³/mol. The zero-order valence-corrected chi connectivity index (χ0v) is 10.9. The van der Waals surface area contributed by atoms with Crippen molar-refractivity contribution in [3.63, 3.8) is 0 Å². The van der Waals surface area contributed by atoms with Crippen LogP contribution in [-0.4, -0.2) is 19.7 Å².